The molecular formula is C19H20N4O3. The second-order valence-electron chi connectivity index (χ2n) is 6.12. The van der Waals surface area contributed by atoms with Gasteiger partial charge in [-0.25, -0.2) is 4.98 Å². The number of fused-ring (bicyclic) bond motifs is 1. The molecule has 2 aromatic heterocycles. The lowest BCUT2D eigenvalue weighted by molar-refractivity contribution is -0.119. The van der Waals surface area contributed by atoms with E-state index in [0.717, 1.165) is 16.9 Å². The normalized spacial score (nSPS) is 11.9. The van der Waals surface area contributed by atoms with Crippen molar-refractivity contribution in [1.82, 2.24) is 14.7 Å². The van der Waals surface area contributed by atoms with E-state index in [4.69, 9.17) is 10.5 Å². The molecule has 2 heterocycles. The third-order valence-electron chi connectivity index (χ3n) is 3.91. The van der Waals surface area contributed by atoms with Crippen LogP contribution in [-0.4, -0.2) is 27.2 Å². The molecule has 0 saturated heterocycles. The van der Waals surface area contributed by atoms with Gasteiger partial charge in [0.15, 0.2) is 0 Å². The van der Waals surface area contributed by atoms with Crippen LogP contribution in [0.2, 0.25) is 0 Å². The maximum Gasteiger partial charge on any atom is 0.252 e. The van der Waals surface area contributed by atoms with E-state index < -0.39 is 11.9 Å². The number of amides is 2. The van der Waals surface area contributed by atoms with Gasteiger partial charge in [0.05, 0.1) is 5.69 Å². The molecule has 3 aromatic rings. The minimum Gasteiger partial charge on any atom is -0.487 e. The molecule has 7 nitrogen and oxygen atoms in total. The van der Waals surface area contributed by atoms with Gasteiger partial charge in [-0.1, -0.05) is 12.1 Å². The van der Waals surface area contributed by atoms with Crippen molar-refractivity contribution in [2.75, 3.05) is 0 Å². The van der Waals surface area contributed by atoms with Crippen LogP contribution in [0.1, 0.15) is 28.5 Å². The number of pyridine rings is 1. The van der Waals surface area contributed by atoms with Crippen LogP contribution in [0.5, 0.6) is 5.75 Å². The highest BCUT2D eigenvalue weighted by atomic mass is 16.5. The summed E-state index contributed by atoms with van der Waals surface area (Å²) in [4.78, 5) is 27.7. The second-order valence-corrected chi connectivity index (χ2v) is 6.12. The second kappa shape index (κ2) is 7.26. The van der Waals surface area contributed by atoms with E-state index >= 15 is 0 Å². The first-order valence-electron chi connectivity index (χ1n) is 8.19. The Hall–Kier alpha value is -3.35. The third-order valence-corrected chi connectivity index (χ3v) is 3.91. The summed E-state index contributed by atoms with van der Waals surface area (Å²) in [5.41, 5.74) is 8.33. The number of aryl methyl sites for hydroxylation is 1. The van der Waals surface area contributed by atoms with E-state index in [-0.39, 0.29) is 12.5 Å². The van der Waals surface area contributed by atoms with Crippen LogP contribution in [0, 0.1) is 6.92 Å². The summed E-state index contributed by atoms with van der Waals surface area (Å²) in [6.45, 7) is 3.83. The van der Waals surface area contributed by atoms with Crippen LogP contribution in [0.25, 0.3) is 5.65 Å². The molecule has 3 rings (SSSR count). The zero-order chi connectivity index (χ0) is 18.7. The Labute approximate surface area is 150 Å². The van der Waals surface area contributed by atoms with Crippen LogP contribution in [0.4, 0.5) is 0 Å². The van der Waals surface area contributed by atoms with Crippen molar-refractivity contribution in [3.63, 3.8) is 0 Å². The number of nitrogens with zero attached hydrogens (tertiary/aromatic N) is 2. The number of primary amides is 1. The quantitative estimate of drug-likeness (QED) is 0.707. The van der Waals surface area contributed by atoms with Gasteiger partial charge in [0.2, 0.25) is 5.91 Å². The predicted octanol–water partition coefficient (Wildman–Crippen LogP) is 1.83. The zero-order valence-corrected chi connectivity index (χ0v) is 14.6. The van der Waals surface area contributed by atoms with Crippen LogP contribution < -0.4 is 15.8 Å². The maximum atomic E-state index is 12.1. The van der Waals surface area contributed by atoms with Crippen molar-refractivity contribution in [3.05, 3.63) is 65.6 Å². The number of ether oxygens (including phenoxy) is 1. The summed E-state index contributed by atoms with van der Waals surface area (Å²) in [5.74, 6) is -0.435. The van der Waals surface area contributed by atoms with Gasteiger partial charge < -0.3 is 20.2 Å². The molecule has 3 N–H and O–H groups in total. The van der Waals surface area contributed by atoms with Crippen LogP contribution in [0.3, 0.4) is 0 Å². The zero-order valence-electron chi connectivity index (χ0n) is 14.6. The number of hydrogen-bond donors (Lipinski definition) is 2. The van der Waals surface area contributed by atoms with Crippen molar-refractivity contribution in [2.45, 2.75) is 26.5 Å². The highest BCUT2D eigenvalue weighted by Crippen LogP contribution is 2.16. The van der Waals surface area contributed by atoms with Gasteiger partial charge in [-0.2, -0.15) is 0 Å². The summed E-state index contributed by atoms with van der Waals surface area (Å²) < 4.78 is 7.70. The lowest BCUT2D eigenvalue weighted by Crippen LogP contribution is -2.42. The number of aromatic nitrogens is 2. The average Bonchev–Trinajstić information content (AvgIpc) is 3.02. The molecule has 1 aromatic carbocycles. The van der Waals surface area contributed by atoms with Crippen LogP contribution >= 0.6 is 0 Å². The maximum absolute atomic E-state index is 12.1. The minimum atomic E-state index is -0.742. The number of hydrogen-bond acceptors (Lipinski definition) is 4. The fourth-order valence-corrected chi connectivity index (χ4v) is 2.46. The molecule has 0 aliphatic heterocycles. The largest absolute Gasteiger partial charge is 0.487 e. The number of nitrogens with one attached hydrogen (secondary N) is 1. The lowest BCUT2D eigenvalue weighted by Gasteiger charge is -2.11. The van der Waals surface area contributed by atoms with Gasteiger partial charge >= 0.3 is 0 Å². The highest BCUT2D eigenvalue weighted by molar-refractivity contribution is 5.97. The molecule has 1 atom stereocenters. The summed E-state index contributed by atoms with van der Waals surface area (Å²) in [6, 6.07) is 9.94. The van der Waals surface area contributed by atoms with Gasteiger partial charge in [-0.05, 0) is 43.7 Å². The van der Waals surface area contributed by atoms with E-state index in [1.54, 1.807) is 24.3 Å². The van der Waals surface area contributed by atoms with E-state index in [1.807, 2.05) is 35.9 Å². The Bertz CT molecular complexity index is 964. The molecule has 134 valence electrons. The summed E-state index contributed by atoms with van der Waals surface area (Å²) in [7, 11) is 0. The fraction of sp³-hybridized carbons (Fsp3) is 0.211. The summed E-state index contributed by atoms with van der Waals surface area (Å²) >= 11 is 0. The average molecular weight is 352 g/mol. The van der Waals surface area contributed by atoms with E-state index in [1.165, 1.54) is 6.92 Å². The minimum absolute atomic E-state index is 0.281. The molecule has 7 heteroatoms. The van der Waals surface area contributed by atoms with E-state index in [9.17, 15) is 9.59 Å². The molecule has 0 aliphatic carbocycles. The highest BCUT2D eigenvalue weighted by Gasteiger charge is 2.14. The lowest BCUT2D eigenvalue weighted by atomic mass is 10.2. The molecule has 2 amide bonds. The van der Waals surface area contributed by atoms with Crippen molar-refractivity contribution < 1.29 is 14.3 Å². The Balaban J connectivity index is 1.68. The number of rotatable bonds is 6. The molecule has 0 aliphatic rings. The fourth-order valence-electron chi connectivity index (χ4n) is 2.46. The Morgan fingerprint density at radius 2 is 2.08 bits per heavy atom. The van der Waals surface area contributed by atoms with Crippen LogP contribution in [0.15, 0.2) is 48.8 Å². The molecule has 0 fully saturated rings. The first-order valence-corrected chi connectivity index (χ1v) is 8.19. The van der Waals surface area contributed by atoms with Gasteiger partial charge in [-0.15, -0.1) is 0 Å². The Morgan fingerprint density at radius 3 is 2.85 bits per heavy atom. The van der Waals surface area contributed by atoms with Gasteiger partial charge in [0, 0.05) is 18.0 Å². The van der Waals surface area contributed by atoms with Crippen molar-refractivity contribution >= 4 is 17.5 Å². The predicted molar refractivity (Wildman–Crippen MR) is 96.8 cm³/mol. The summed E-state index contributed by atoms with van der Waals surface area (Å²) in [6.07, 6.45) is 3.91. The number of benzene rings is 1. The number of carbonyl (C=O) groups is 2. The first-order chi connectivity index (χ1) is 12.4. The Kier molecular flexibility index (Phi) is 4.88. The molecule has 1 unspecified atom stereocenters. The monoisotopic (exact) mass is 352 g/mol. The Morgan fingerprint density at radius 1 is 1.27 bits per heavy atom. The number of nitrogens with two attached hydrogens (primary N) is 1. The van der Waals surface area contributed by atoms with Crippen molar-refractivity contribution in [2.24, 2.45) is 5.73 Å². The molecule has 26 heavy (non-hydrogen) atoms. The molecule has 0 radical (unpaired) electrons. The summed E-state index contributed by atoms with van der Waals surface area (Å²) in [5, 5.41) is 2.53. The number of carbonyl (C=O) groups excluding carboxylic acids is 2. The topological polar surface area (TPSA) is 98.7 Å². The number of imidazole rings is 1. The van der Waals surface area contributed by atoms with E-state index in [0.29, 0.717) is 11.3 Å². The first kappa shape index (κ1) is 17.5. The van der Waals surface area contributed by atoms with Gasteiger partial charge in [-0.3, -0.25) is 9.59 Å². The van der Waals surface area contributed by atoms with Crippen molar-refractivity contribution in [1.29, 1.82) is 0 Å². The molecular weight excluding hydrogens is 332 g/mol. The van der Waals surface area contributed by atoms with Crippen molar-refractivity contribution in [3.8, 4) is 5.75 Å². The smallest absolute Gasteiger partial charge is 0.252 e. The van der Waals surface area contributed by atoms with E-state index in [2.05, 4.69) is 10.3 Å². The SMILES string of the molecule is Cc1ccc2nc(COc3cccc(C(=O)NC(C)C(N)=O)c3)cn2c1. The molecule has 0 spiro atoms. The van der Waals surface area contributed by atoms with Crippen LogP contribution in [-0.2, 0) is 11.4 Å². The van der Waals surface area contributed by atoms with Gasteiger partial charge in [0.25, 0.3) is 5.91 Å². The third kappa shape index (κ3) is 4.00. The van der Waals surface area contributed by atoms with Gasteiger partial charge in [0.1, 0.15) is 24.0 Å². The standard InChI is InChI=1S/C19H20N4O3/c1-12-6-7-17-22-15(10-23(17)9-12)11-26-16-5-3-4-14(8-16)19(25)21-13(2)18(20)24/h3-10,13H,11H2,1-2H3,(H2,20,24)(H,21,25). The molecule has 0 saturated carbocycles. The molecule has 0 bridgehead atoms.